The van der Waals surface area contributed by atoms with Crippen LogP contribution in [0.25, 0.3) is 6.08 Å². The molecular formula is C16H13FO3. The van der Waals surface area contributed by atoms with Gasteiger partial charge in [-0.15, -0.1) is 0 Å². The fourth-order valence-corrected chi connectivity index (χ4v) is 1.72. The molecule has 0 spiro atoms. The molecule has 0 amide bonds. The molecule has 0 saturated heterocycles. The second kappa shape index (κ2) is 6.02. The summed E-state index contributed by atoms with van der Waals surface area (Å²) in [4.78, 5) is 11.8. The second-order valence-electron chi connectivity index (χ2n) is 4.14. The van der Waals surface area contributed by atoms with Gasteiger partial charge in [-0.3, -0.25) is 4.79 Å². The Bertz CT molecular complexity index is 663. The average Bonchev–Trinajstić information content (AvgIpc) is 2.45. The van der Waals surface area contributed by atoms with Gasteiger partial charge in [0.1, 0.15) is 5.82 Å². The van der Waals surface area contributed by atoms with Crippen LogP contribution < -0.4 is 4.74 Å². The number of phenolic OH excluding ortho intramolecular Hbond substituents is 1. The van der Waals surface area contributed by atoms with Crippen LogP contribution in [-0.2, 0) is 0 Å². The molecule has 0 radical (unpaired) electrons. The monoisotopic (exact) mass is 272 g/mol. The minimum absolute atomic E-state index is 0.00662. The highest BCUT2D eigenvalue weighted by molar-refractivity contribution is 6.06. The average molecular weight is 272 g/mol. The maximum Gasteiger partial charge on any atom is 0.185 e. The molecule has 4 heteroatoms. The van der Waals surface area contributed by atoms with E-state index < -0.39 is 5.82 Å². The van der Waals surface area contributed by atoms with Crippen molar-refractivity contribution in [2.75, 3.05) is 7.11 Å². The first-order valence-electron chi connectivity index (χ1n) is 5.95. The topological polar surface area (TPSA) is 46.5 Å². The van der Waals surface area contributed by atoms with Crippen molar-refractivity contribution in [3.8, 4) is 11.5 Å². The highest BCUT2D eigenvalue weighted by Crippen LogP contribution is 2.26. The number of rotatable bonds is 4. The molecule has 102 valence electrons. The number of methoxy groups -OCH3 is 1. The smallest absolute Gasteiger partial charge is 0.185 e. The number of hydrogen-bond acceptors (Lipinski definition) is 3. The Balaban J connectivity index is 2.17. The predicted molar refractivity (Wildman–Crippen MR) is 74.4 cm³/mol. The van der Waals surface area contributed by atoms with Crippen molar-refractivity contribution in [2.24, 2.45) is 0 Å². The van der Waals surface area contributed by atoms with E-state index in [1.807, 2.05) is 0 Å². The van der Waals surface area contributed by atoms with E-state index in [1.54, 1.807) is 24.3 Å². The third kappa shape index (κ3) is 3.23. The third-order valence-corrected chi connectivity index (χ3v) is 2.74. The zero-order chi connectivity index (χ0) is 14.5. The molecule has 0 aliphatic carbocycles. The molecule has 3 nitrogen and oxygen atoms in total. The predicted octanol–water partition coefficient (Wildman–Crippen LogP) is 3.44. The van der Waals surface area contributed by atoms with Gasteiger partial charge >= 0.3 is 0 Å². The van der Waals surface area contributed by atoms with Gasteiger partial charge in [0.15, 0.2) is 17.3 Å². The maximum atomic E-state index is 13.0. The summed E-state index contributed by atoms with van der Waals surface area (Å²) in [5.41, 5.74) is 0.923. The van der Waals surface area contributed by atoms with Crippen molar-refractivity contribution in [3.05, 3.63) is 65.5 Å². The normalized spacial score (nSPS) is 10.7. The summed E-state index contributed by atoms with van der Waals surface area (Å²) in [6, 6.07) is 10.3. The number of ether oxygens (including phenoxy) is 1. The third-order valence-electron chi connectivity index (χ3n) is 2.74. The van der Waals surface area contributed by atoms with Crippen LogP contribution in [0, 0.1) is 5.82 Å². The van der Waals surface area contributed by atoms with Crippen molar-refractivity contribution < 1.29 is 19.0 Å². The molecule has 0 unspecified atom stereocenters. The Kier molecular flexibility index (Phi) is 4.15. The minimum atomic E-state index is -0.452. The van der Waals surface area contributed by atoms with Gasteiger partial charge < -0.3 is 9.84 Å². The van der Waals surface area contributed by atoms with Crippen LogP contribution in [0.15, 0.2) is 48.5 Å². The number of benzene rings is 2. The van der Waals surface area contributed by atoms with Crippen molar-refractivity contribution in [3.63, 3.8) is 0 Å². The number of halogens is 1. The molecule has 2 aromatic carbocycles. The van der Waals surface area contributed by atoms with Gasteiger partial charge in [0, 0.05) is 5.56 Å². The lowest BCUT2D eigenvalue weighted by Crippen LogP contribution is -1.94. The Labute approximate surface area is 115 Å². The Morgan fingerprint density at radius 2 is 2.05 bits per heavy atom. The number of carbonyl (C=O) groups excluding carboxylic acids is 1. The maximum absolute atomic E-state index is 13.0. The van der Waals surface area contributed by atoms with E-state index in [0.717, 1.165) is 0 Å². The first-order valence-corrected chi connectivity index (χ1v) is 5.95. The summed E-state index contributed by atoms with van der Waals surface area (Å²) in [5, 5.41) is 9.62. The Morgan fingerprint density at radius 1 is 1.25 bits per heavy atom. The fraction of sp³-hybridized carbons (Fsp3) is 0.0625. The Morgan fingerprint density at radius 3 is 2.70 bits per heavy atom. The summed E-state index contributed by atoms with van der Waals surface area (Å²) in [6.07, 6.45) is 2.88. The summed E-state index contributed by atoms with van der Waals surface area (Å²) in [6.45, 7) is 0. The molecule has 0 aliphatic heterocycles. The van der Waals surface area contributed by atoms with Crippen LogP contribution in [0.1, 0.15) is 15.9 Å². The van der Waals surface area contributed by atoms with E-state index in [1.165, 1.54) is 37.5 Å². The van der Waals surface area contributed by atoms with Gasteiger partial charge in [0.2, 0.25) is 0 Å². The first-order chi connectivity index (χ1) is 9.60. The molecule has 0 atom stereocenters. The number of ketones is 1. The van der Waals surface area contributed by atoms with E-state index in [4.69, 9.17) is 4.74 Å². The van der Waals surface area contributed by atoms with Crippen LogP contribution in [0.2, 0.25) is 0 Å². The lowest BCUT2D eigenvalue weighted by atomic mass is 10.1. The van der Waals surface area contributed by atoms with Crippen LogP contribution in [0.4, 0.5) is 4.39 Å². The highest BCUT2D eigenvalue weighted by Gasteiger charge is 2.04. The lowest BCUT2D eigenvalue weighted by molar-refractivity contribution is 0.104. The number of carbonyl (C=O) groups is 1. The molecule has 2 aromatic rings. The summed E-state index contributed by atoms with van der Waals surface area (Å²) in [7, 11) is 1.46. The molecule has 20 heavy (non-hydrogen) atoms. The quantitative estimate of drug-likeness (QED) is 0.685. The number of allylic oxidation sites excluding steroid dienone is 1. The first kappa shape index (κ1) is 13.8. The van der Waals surface area contributed by atoms with Gasteiger partial charge in [0.05, 0.1) is 7.11 Å². The van der Waals surface area contributed by atoms with Crippen LogP contribution >= 0.6 is 0 Å². The van der Waals surface area contributed by atoms with Crippen molar-refractivity contribution in [1.82, 2.24) is 0 Å². The summed E-state index contributed by atoms with van der Waals surface area (Å²) in [5.74, 6) is -0.405. The number of aromatic hydroxyl groups is 1. The molecule has 0 saturated carbocycles. The SMILES string of the molecule is COc1ccc(/C=C/C(=O)c2cccc(F)c2)cc1O. The molecule has 0 aromatic heterocycles. The number of hydrogen-bond donors (Lipinski definition) is 1. The minimum Gasteiger partial charge on any atom is -0.504 e. The zero-order valence-corrected chi connectivity index (χ0v) is 10.8. The van der Waals surface area contributed by atoms with Crippen molar-refractivity contribution in [1.29, 1.82) is 0 Å². The molecule has 0 fully saturated rings. The fourth-order valence-electron chi connectivity index (χ4n) is 1.72. The molecule has 1 N–H and O–H groups in total. The van der Waals surface area contributed by atoms with E-state index >= 15 is 0 Å². The largest absolute Gasteiger partial charge is 0.504 e. The highest BCUT2D eigenvalue weighted by atomic mass is 19.1. The van der Waals surface area contributed by atoms with E-state index in [9.17, 15) is 14.3 Å². The van der Waals surface area contributed by atoms with E-state index in [2.05, 4.69) is 0 Å². The van der Waals surface area contributed by atoms with Gasteiger partial charge in [-0.25, -0.2) is 4.39 Å². The van der Waals surface area contributed by atoms with Gasteiger partial charge in [0.25, 0.3) is 0 Å². The summed E-state index contributed by atoms with van der Waals surface area (Å²) < 4.78 is 17.9. The summed E-state index contributed by atoms with van der Waals surface area (Å²) >= 11 is 0. The second-order valence-corrected chi connectivity index (χ2v) is 4.14. The van der Waals surface area contributed by atoms with Gasteiger partial charge in [-0.1, -0.05) is 24.3 Å². The van der Waals surface area contributed by atoms with Crippen LogP contribution in [0.5, 0.6) is 11.5 Å². The zero-order valence-electron chi connectivity index (χ0n) is 10.8. The molecular weight excluding hydrogens is 259 g/mol. The molecule has 0 aliphatic rings. The van der Waals surface area contributed by atoms with E-state index in [-0.39, 0.29) is 17.1 Å². The Hall–Kier alpha value is -2.62. The number of phenols is 1. The van der Waals surface area contributed by atoms with Gasteiger partial charge in [-0.2, -0.15) is 0 Å². The van der Waals surface area contributed by atoms with E-state index in [0.29, 0.717) is 11.3 Å². The molecule has 0 bridgehead atoms. The van der Waals surface area contributed by atoms with Crippen LogP contribution in [0.3, 0.4) is 0 Å². The lowest BCUT2D eigenvalue weighted by Gasteiger charge is -2.03. The molecule has 2 rings (SSSR count). The van der Waals surface area contributed by atoms with Crippen molar-refractivity contribution in [2.45, 2.75) is 0 Å². The van der Waals surface area contributed by atoms with Crippen LogP contribution in [-0.4, -0.2) is 18.0 Å². The standard InChI is InChI=1S/C16H13FO3/c1-20-16-8-6-11(9-15(16)19)5-7-14(18)12-3-2-4-13(17)10-12/h2-10,19H,1H3/b7-5+. The molecule has 0 heterocycles. The van der Waals surface area contributed by atoms with Gasteiger partial charge in [-0.05, 0) is 35.9 Å². The van der Waals surface area contributed by atoms with Crippen molar-refractivity contribution >= 4 is 11.9 Å².